The minimum atomic E-state index is -0.554. The van der Waals surface area contributed by atoms with Crippen LogP contribution in [0.1, 0.15) is 25.7 Å². The van der Waals surface area contributed by atoms with Gasteiger partial charge >= 0.3 is 0 Å². The highest BCUT2D eigenvalue weighted by atomic mass is 19.1. The van der Waals surface area contributed by atoms with Crippen molar-refractivity contribution in [3.8, 4) is 0 Å². The summed E-state index contributed by atoms with van der Waals surface area (Å²) in [4.78, 5) is 13.7. The van der Waals surface area contributed by atoms with Crippen LogP contribution in [0, 0.1) is 11.6 Å². The third-order valence-corrected chi connectivity index (χ3v) is 3.65. The van der Waals surface area contributed by atoms with Gasteiger partial charge in [0, 0.05) is 18.7 Å². The van der Waals surface area contributed by atoms with Gasteiger partial charge in [0.05, 0.1) is 11.7 Å². The van der Waals surface area contributed by atoms with Crippen molar-refractivity contribution < 1.29 is 13.6 Å². The first-order valence-corrected chi connectivity index (χ1v) is 6.67. The van der Waals surface area contributed by atoms with Gasteiger partial charge in [-0.1, -0.05) is 0 Å². The highest BCUT2D eigenvalue weighted by Gasteiger charge is 2.34. The minimum Gasteiger partial charge on any atom is -0.308 e. The topological polar surface area (TPSA) is 32.3 Å². The average Bonchev–Trinajstić information content (AvgIpc) is 3.19. The second-order valence-corrected chi connectivity index (χ2v) is 5.22. The zero-order chi connectivity index (χ0) is 13.4. The van der Waals surface area contributed by atoms with Crippen LogP contribution in [0.25, 0.3) is 0 Å². The fourth-order valence-electron chi connectivity index (χ4n) is 2.50. The Kier molecular flexibility index (Phi) is 3.22. The van der Waals surface area contributed by atoms with E-state index in [-0.39, 0.29) is 17.6 Å². The molecule has 102 valence electrons. The minimum absolute atomic E-state index is 0.0484. The zero-order valence-electron chi connectivity index (χ0n) is 10.5. The van der Waals surface area contributed by atoms with Crippen LogP contribution in [0.3, 0.4) is 0 Å². The Hall–Kier alpha value is -1.49. The predicted molar refractivity (Wildman–Crippen MR) is 67.9 cm³/mol. The Labute approximate surface area is 110 Å². The number of carbonyl (C=O) groups is 1. The summed E-state index contributed by atoms with van der Waals surface area (Å²) in [6.07, 6.45) is 3.76. The van der Waals surface area contributed by atoms with Crippen LogP contribution in [-0.4, -0.2) is 24.5 Å². The Bertz CT molecular complexity index is 502. The molecule has 1 amide bonds. The van der Waals surface area contributed by atoms with E-state index in [4.69, 9.17) is 0 Å². The van der Waals surface area contributed by atoms with Crippen molar-refractivity contribution in [3.05, 3.63) is 29.8 Å². The number of rotatable bonds is 3. The summed E-state index contributed by atoms with van der Waals surface area (Å²) in [5.41, 5.74) is 0.0484. The first-order valence-electron chi connectivity index (χ1n) is 6.67. The standard InChI is InChI=1S/C14H16F2N2O/c15-9-3-6-11(16)13(8-9)18-7-1-2-12(14(18)19)17-10-4-5-10/h3,6,8,10,12,17H,1-2,4-5,7H2. The summed E-state index contributed by atoms with van der Waals surface area (Å²) < 4.78 is 27.0. The summed E-state index contributed by atoms with van der Waals surface area (Å²) in [6.45, 7) is 0.446. The third kappa shape index (κ3) is 2.61. The van der Waals surface area contributed by atoms with E-state index in [1.165, 1.54) is 4.90 Å². The normalized spacial score (nSPS) is 23.8. The van der Waals surface area contributed by atoms with E-state index in [2.05, 4.69) is 5.32 Å². The lowest BCUT2D eigenvalue weighted by molar-refractivity contribution is -0.121. The molecule has 0 spiro atoms. The number of hydrogen-bond acceptors (Lipinski definition) is 2. The molecule has 1 atom stereocenters. The van der Waals surface area contributed by atoms with Crippen molar-refractivity contribution in [2.45, 2.75) is 37.8 Å². The van der Waals surface area contributed by atoms with Gasteiger partial charge in [0.2, 0.25) is 5.91 Å². The second kappa shape index (κ2) is 4.89. The molecule has 1 heterocycles. The molecule has 1 N–H and O–H groups in total. The monoisotopic (exact) mass is 266 g/mol. The van der Waals surface area contributed by atoms with Crippen LogP contribution in [0.5, 0.6) is 0 Å². The fourth-order valence-corrected chi connectivity index (χ4v) is 2.50. The van der Waals surface area contributed by atoms with Crippen molar-refractivity contribution in [1.82, 2.24) is 5.32 Å². The number of nitrogens with one attached hydrogen (secondary N) is 1. The lowest BCUT2D eigenvalue weighted by Gasteiger charge is -2.33. The van der Waals surface area contributed by atoms with Gasteiger partial charge in [-0.2, -0.15) is 0 Å². The van der Waals surface area contributed by atoms with Gasteiger partial charge < -0.3 is 10.2 Å². The molecule has 2 fully saturated rings. The third-order valence-electron chi connectivity index (χ3n) is 3.65. The summed E-state index contributed by atoms with van der Waals surface area (Å²) in [5.74, 6) is -1.23. The molecule has 1 saturated heterocycles. The van der Waals surface area contributed by atoms with E-state index in [0.29, 0.717) is 12.6 Å². The number of amides is 1. The molecule has 2 aliphatic rings. The quantitative estimate of drug-likeness (QED) is 0.909. The van der Waals surface area contributed by atoms with E-state index in [1.54, 1.807) is 0 Å². The molecule has 1 aromatic carbocycles. The number of anilines is 1. The lowest BCUT2D eigenvalue weighted by atomic mass is 10.0. The maximum absolute atomic E-state index is 13.7. The average molecular weight is 266 g/mol. The molecule has 1 unspecified atom stereocenters. The Morgan fingerprint density at radius 2 is 2.00 bits per heavy atom. The number of halogens is 2. The number of carbonyl (C=O) groups excluding carboxylic acids is 1. The Morgan fingerprint density at radius 3 is 2.74 bits per heavy atom. The van der Waals surface area contributed by atoms with Crippen LogP contribution in [-0.2, 0) is 4.79 Å². The van der Waals surface area contributed by atoms with E-state index in [1.807, 2.05) is 0 Å². The maximum Gasteiger partial charge on any atom is 0.244 e. The lowest BCUT2D eigenvalue weighted by Crippen LogP contribution is -2.51. The summed E-state index contributed by atoms with van der Waals surface area (Å²) in [7, 11) is 0. The van der Waals surface area contributed by atoms with Crippen LogP contribution < -0.4 is 10.2 Å². The van der Waals surface area contributed by atoms with Gasteiger partial charge in [-0.05, 0) is 37.8 Å². The molecular formula is C14H16F2N2O. The molecule has 5 heteroatoms. The number of piperidine rings is 1. The molecule has 1 saturated carbocycles. The largest absolute Gasteiger partial charge is 0.308 e. The predicted octanol–water partition coefficient (Wildman–Crippen LogP) is 2.21. The molecule has 19 heavy (non-hydrogen) atoms. The first kappa shape index (κ1) is 12.5. The maximum atomic E-state index is 13.7. The van der Waals surface area contributed by atoms with E-state index in [9.17, 15) is 13.6 Å². The van der Waals surface area contributed by atoms with Crippen molar-refractivity contribution in [1.29, 1.82) is 0 Å². The molecular weight excluding hydrogens is 250 g/mol. The van der Waals surface area contributed by atoms with E-state index < -0.39 is 11.6 Å². The van der Waals surface area contributed by atoms with Crippen molar-refractivity contribution in [2.24, 2.45) is 0 Å². The molecule has 1 aliphatic heterocycles. The van der Waals surface area contributed by atoms with Gasteiger partial charge in [0.1, 0.15) is 11.6 Å². The van der Waals surface area contributed by atoms with E-state index in [0.717, 1.165) is 43.9 Å². The highest BCUT2D eigenvalue weighted by Crippen LogP contribution is 2.27. The molecule has 0 bridgehead atoms. The Balaban J connectivity index is 1.82. The van der Waals surface area contributed by atoms with Gasteiger partial charge in [-0.25, -0.2) is 8.78 Å². The number of hydrogen-bond donors (Lipinski definition) is 1. The molecule has 3 rings (SSSR count). The molecule has 3 nitrogen and oxygen atoms in total. The molecule has 0 aromatic heterocycles. The van der Waals surface area contributed by atoms with Gasteiger partial charge in [0.15, 0.2) is 0 Å². The van der Waals surface area contributed by atoms with Crippen LogP contribution in [0.2, 0.25) is 0 Å². The summed E-state index contributed by atoms with van der Waals surface area (Å²) in [5, 5.41) is 3.27. The number of benzene rings is 1. The molecule has 1 aliphatic carbocycles. The SMILES string of the molecule is O=C1C(NC2CC2)CCCN1c1cc(F)ccc1F. The van der Waals surface area contributed by atoms with Gasteiger partial charge in [0.25, 0.3) is 0 Å². The van der Waals surface area contributed by atoms with Crippen LogP contribution in [0.4, 0.5) is 14.5 Å². The fraction of sp³-hybridized carbons (Fsp3) is 0.500. The molecule has 1 aromatic rings. The summed E-state index contributed by atoms with van der Waals surface area (Å²) in [6, 6.07) is 3.38. The Morgan fingerprint density at radius 1 is 1.21 bits per heavy atom. The van der Waals surface area contributed by atoms with Crippen LogP contribution >= 0.6 is 0 Å². The smallest absolute Gasteiger partial charge is 0.244 e. The second-order valence-electron chi connectivity index (χ2n) is 5.22. The summed E-state index contributed by atoms with van der Waals surface area (Å²) >= 11 is 0. The number of nitrogens with zero attached hydrogens (tertiary/aromatic N) is 1. The van der Waals surface area contributed by atoms with Crippen LogP contribution in [0.15, 0.2) is 18.2 Å². The van der Waals surface area contributed by atoms with E-state index >= 15 is 0 Å². The first-order chi connectivity index (χ1) is 9.15. The van der Waals surface area contributed by atoms with Gasteiger partial charge in [-0.3, -0.25) is 4.79 Å². The van der Waals surface area contributed by atoms with Crippen molar-refractivity contribution >= 4 is 11.6 Å². The zero-order valence-corrected chi connectivity index (χ0v) is 10.5. The highest BCUT2D eigenvalue weighted by molar-refractivity contribution is 5.98. The molecule has 0 radical (unpaired) electrons. The van der Waals surface area contributed by atoms with Crippen molar-refractivity contribution in [2.75, 3.05) is 11.4 Å². The van der Waals surface area contributed by atoms with Gasteiger partial charge in [-0.15, -0.1) is 0 Å². The van der Waals surface area contributed by atoms with Crippen molar-refractivity contribution in [3.63, 3.8) is 0 Å².